The van der Waals surface area contributed by atoms with Crippen LogP contribution >= 0.6 is 35.0 Å². The quantitative estimate of drug-likeness (QED) is 0.239. The molecule has 0 radical (unpaired) electrons. The van der Waals surface area contributed by atoms with Crippen LogP contribution in [0.25, 0.3) is 0 Å². The van der Waals surface area contributed by atoms with E-state index in [4.69, 9.17) is 27.9 Å². The number of hydrogen-bond acceptors (Lipinski definition) is 5. The highest BCUT2D eigenvalue weighted by Crippen LogP contribution is 2.24. The maximum absolute atomic E-state index is 12.4. The molecule has 0 unspecified atom stereocenters. The average Bonchev–Trinajstić information content (AvgIpc) is 2.64. The fraction of sp³-hybridized carbons (Fsp3) is 0.105. The van der Waals surface area contributed by atoms with E-state index in [2.05, 4.69) is 9.97 Å². The number of thioether (sulfide) groups is 1. The minimum atomic E-state index is -0.641. The highest BCUT2D eigenvalue weighted by molar-refractivity contribution is 7.98. The summed E-state index contributed by atoms with van der Waals surface area (Å²) in [6.45, 7) is 2.05. The molecule has 0 spiro atoms. The van der Waals surface area contributed by atoms with Crippen molar-refractivity contribution in [3.05, 3.63) is 81.6 Å². The lowest BCUT2D eigenvalue weighted by atomic mass is 10.1. The number of rotatable bonds is 5. The van der Waals surface area contributed by atoms with Crippen LogP contribution in [0.4, 0.5) is 0 Å². The van der Waals surface area contributed by atoms with Gasteiger partial charge in [-0.1, -0.05) is 59.2 Å². The highest BCUT2D eigenvalue weighted by Gasteiger charge is 2.17. The number of carbonyl (C=O) groups is 1. The Morgan fingerprint density at radius 3 is 2.58 bits per heavy atom. The van der Waals surface area contributed by atoms with E-state index in [1.54, 1.807) is 24.3 Å². The molecule has 0 aliphatic carbocycles. The number of nitrogens with zero attached hydrogens (tertiary/aromatic N) is 2. The Bertz CT molecular complexity index is 933. The summed E-state index contributed by atoms with van der Waals surface area (Å²) in [5.74, 6) is 0.417. The largest absolute Gasteiger partial charge is 0.422 e. The summed E-state index contributed by atoms with van der Waals surface area (Å²) in [6, 6.07) is 14.5. The van der Waals surface area contributed by atoms with Gasteiger partial charge in [0.2, 0.25) is 0 Å². The third kappa shape index (κ3) is 4.75. The first-order chi connectivity index (χ1) is 12.5. The third-order valence-corrected chi connectivity index (χ3v) is 5.00. The summed E-state index contributed by atoms with van der Waals surface area (Å²) in [4.78, 5) is 20.8. The van der Waals surface area contributed by atoms with Crippen molar-refractivity contribution in [3.63, 3.8) is 0 Å². The summed E-state index contributed by atoms with van der Waals surface area (Å²) in [5.41, 5.74) is 2.40. The van der Waals surface area contributed by atoms with E-state index in [1.165, 1.54) is 29.1 Å². The molecule has 0 saturated carbocycles. The first-order valence-corrected chi connectivity index (χ1v) is 9.44. The van der Waals surface area contributed by atoms with E-state index in [1.807, 2.05) is 31.2 Å². The molecule has 0 atom stereocenters. The summed E-state index contributed by atoms with van der Waals surface area (Å²) in [5, 5.41) is 1.16. The second-order valence-electron chi connectivity index (χ2n) is 5.41. The zero-order chi connectivity index (χ0) is 18.5. The second kappa shape index (κ2) is 8.54. The minimum Gasteiger partial charge on any atom is -0.422 e. The molecule has 132 valence electrons. The molecule has 0 aliphatic rings. The lowest BCUT2D eigenvalue weighted by molar-refractivity contribution is 0.0727. The standard InChI is InChI=1S/C19H14Cl2N2O2S/c1-12-4-2-3-5-13(12)11-26-19-22-10-16(21)17(23-19)18(24)25-15-8-6-14(20)7-9-15/h2-10H,11H2,1H3. The molecular weight excluding hydrogens is 391 g/mol. The van der Waals surface area contributed by atoms with Crippen molar-refractivity contribution in [2.24, 2.45) is 0 Å². The number of esters is 1. The molecule has 0 N–H and O–H groups in total. The van der Waals surface area contributed by atoms with Crippen LogP contribution in [-0.4, -0.2) is 15.9 Å². The Kier molecular flexibility index (Phi) is 6.14. The maximum Gasteiger partial charge on any atom is 0.364 e. The molecule has 3 aromatic rings. The molecule has 2 aromatic carbocycles. The lowest BCUT2D eigenvalue weighted by Gasteiger charge is -2.07. The summed E-state index contributed by atoms with van der Waals surface area (Å²) < 4.78 is 5.29. The van der Waals surface area contributed by atoms with Crippen LogP contribution in [0.5, 0.6) is 5.75 Å². The molecule has 0 fully saturated rings. The molecule has 3 rings (SSSR count). The number of carbonyl (C=O) groups excluding carboxylic acids is 1. The molecule has 0 saturated heterocycles. The molecule has 0 aliphatic heterocycles. The number of hydrogen-bond donors (Lipinski definition) is 0. The van der Waals surface area contributed by atoms with Gasteiger partial charge in [-0.25, -0.2) is 14.8 Å². The van der Waals surface area contributed by atoms with Crippen molar-refractivity contribution < 1.29 is 9.53 Å². The van der Waals surface area contributed by atoms with Gasteiger partial charge in [-0.2, -0.15) is 0 Å². The molecule has 1 heterocycles. The minimum absolute atomic E-state index is 0.0314. The third-order valence-electron chi connectivity index (χ3n) is 3.56. The van der Waals surface area contributed by atoms with Crippen molar-refractivity contribution in [2.75, 3.05) is 0 Å². The van der Waals surface area contributed by atoms with Crippen molar-refractivity contribution in [3.8, 4) is 5.75 Å². The van der Waals surface area contributed by atoms with Crippen LogP contribution in [0.15, 0.2) is 59.9 Å². The lowest BCUT2D eigenvalue weighted by Crippen LogP contribution is -2.12. The molecule has 0 bridgehead atoms. The summed E-state index contributed by atoms with van der Waals surface area (Å²) >= 11 is 13.3. The predicted molar refractivity (Wildman–Crippen MR) is 104 cm³/mol. The van der Waals surface area contributed by atoms with E-state index in [0.717, 1.165) is 0 Å². The smallest absolute Gasteiger partial charge is 0.364 e. The zero-order valence-corrected chi connectivity index (χ0v) is 16.1. The van der Waals surface area contributed by atoms with Crippen LogP contribution in [-0.2, 0) is 5.75 Å². The van der Waals surface area contributed by atoms with Gasteiger partial charge in [-0.05, 0) is 42.3 Å². The Labute approximate surface area is 165 Å². The Hall–Kier alpha value is -2.08. The van der Waals surface area contributed by atoms with Gasteiger partial charge in [0.25, 0.3) is 0 Å². The molecule has 0 amide bonds. The van der Waals surface area contributed by atoms with Gasteiger partial charge in [0.05, 0.1) is 11.2 Å². The normalized spacial score (nSPS) is 10.6. The molecule has 1 aromatic heterocycles. The number of halogens is 2. The number of ether oxygens (including phenoxy) is 1. The maximum atomic E-state index is 12.4. The van der Waals surface area contributed by atoms with E-state index in [9.17, 15) is 4.79 Å². The fourth-order valence-electron chi connectivity index (χ4n) is 2.14. The molecule has 4 nitrogen and oxygen atoms in total. The topological polar surface area (TPSA) is 52.1 Å². The second-order valence-corrected chi connectivity index (χ2v) is 7.19. The highest BCUT2D eigenvalue weighted by atomic mass is 35.5. The van der Waals surface area contributed by atoms with Crippen LogP contribution in [0.2, 0.25) is 10.0 Å². The van der Waals surface area contributed by atoms with Gasteiger partial charge in [-0.3, -0.25) is 0 Å². The van der Waals surface area contributed by atoms with E-state index in [0.29, 0.717) is 21.7 Å². The van der Waals surface area contributed by atoms with Gasteiger partial charge in [0.1, 0.15) is 5.75 Å². The average molecular weight is 405 g/mol. The van der Waals surface area contributed by atoms with Crippen molar-refractivity contribution in [2.45, 2.75) is 17.8 Å². The monoisotopic (exact) mass is 404 g/mol. The van der Waals surface area contributed by atoms with E-state index in [-0.39, 0.29) is 10.7 Å². The van der Waals surface area contributed by atoms with Gasteiger partial charge in [-0.15, -0.1) is 0 Å². The Balaban J connectivity index is 1.73. The Morgan fingerprint density at radius 2 is 1.85 bits per heavy atom. The van der Waals surface area contributed by atoms with Gasteiger partial charge < -0.3 is 4.74 Å². The van der Waals surface area contributed by atoms with Crippen LogP contribution in [0.1, 0.15) is 21.6 Å². The first-order valence-electron chi connectivity index (χ1n) is 7.70. The number of aromatic nitrogens is 2. The van der Waals surface area contributed by atoms with Crippen LogP contribution < -0.4 is 4.74 Å². The molecule has 26 heavy (non-hydrogen) atoms. The number of aryl methyl sites for hydroxylation is 1. The number of benzene rings is 2. The Morgan fingerprint density at radius 1 is 1.12 bits per heavy atom. The van der Waals surface area contributed by atoms with E-state index < -0.39 is 5.97 Å². The van der Waals surface area contributed by atoms with Crippen LogP contribution in [0, 0.1) is 6.92 Å². The van der Waals surface area contributed by atoms with Gasteiger partial charge in [0, 0.05) is 10.8 Å². The summed E-state index contributed by atoms with van der Waals surface area (Å²) in [6.07, 6.45) is 1.41. The zero-order valence-electron chi connectivity index (χ0n) is 13.8. The summed E-state index contributed by atoms with van der Waals surface area (Å²) in [7, 11) is 0. The molecule has 7 heteroatoms. The molecular formula is C19H14Cl2N2O2S. The van der Waals surface area contributed by atoms with E-state index >= 15 is 0 Å². The SMILES string of the molecule is Cc1ccccc1CSc1ncc(Cl)c(C(=O)Oc2ccc(Cl)cc2)n1. The van der Waals surface area contributed by atoms with Gasteiger partial charge >= 0.3 is 5.97 Å². The predicted octanol–water partition coefficient (Wildman–Crippen LogP) is 5.60. The fourth-order valence-corrected chi connectivity index (χ4v) is 3.32. The van der Waals surface area contributed by atoms with Crippen molar-refractivity contribution in [1.82, 2.24) is 9.97 Å². The van der Waals surface area contributed by atoms with Crippen molar-refractivity contribution >= 4 is 40.9 Å². The van der Waals surface area contributed by atoms with Crippen molar-refractivity contribution in [1.29, 1.82) is 0 Å². The van der Waals surface area contributed by atoms with Crippen LogP contribution in [0.3, 0.4) is 0 Å². The first kappa shape index (κ1) is 18.7. The van der Waals surface area contributed by atoms with Gasteiger partial charge in [0.15, 0.2) is 10.9 Å².